The van der Waals surface area contributed by atoms with Gasteiger partial charge in [-0.2, -0.15) is 0 Å². The molecule has 0 unspecified atom stereocenters. The average Bonchev–Trinajstić information content (AvgIpc) is 2.77. The summed E-state index contributed by atoms with van der Waals surface area (Å²) in [4.78, 5) is 33.1. The molecule has 0 aliphatic carbocycles. The van der Waals surface area contributed by atoms with Gasteiger partial charge < -0.3 is 71.1 Å². The Labute approximate surface area is 262 Å². The van der Waals surface area contributed by atoms with E-state index in [0.29, 0.717) is 24.2 Å². The van der Waals surface area contributed by atoms with Crippen molar-refractivity contribution in [1.29, 1.82) is 0 Å². The Morgan fingerprint density at radius 3 is 1.18 bits per heavy atom. The summed E-state index contributed by atoms with van der Waals surface area (Å²) in [5, 5.41) is 68.1. The van der Waals surface area contributed by atoms with E-state index in [4.69, 9.17) is 55.4 Å². The van der Waals surface area contributed by atoms with E-state index in [1.807, 2.05) is 0 Å². The first-order chi connectivity index (χ1) is 16.9. The molecule has 0 aromatic heterocycles. The number of nitrogens with zero attached hydrogens (tertiary/aromatic N) is 5. The van der Waals surface area contributed by atoms with E-state index >= 15 is 0 Å². The fourth-order valence-electron chi connectivity index (χ4n) is 2.03. The second kappa shape index (κ2) is 27.5. The summed E-state index contributed by atoms with van der Waals surface area (Å²) in [5.74, 6) is 0.190. The number of hydrogen-bond donors (Lipinski definition) is 0. The Kier molecular flexibility index (Phi) is 31.9. The summed E-state index contributed by atoms with van der Waals surface area (Å²) in [5.41, 5.74) is 0.931. The zero-order valence-corrected chi connectivity index (χ0v) is 25.1. The molecule has 39 heavy (non-hydrogen) atoms. The van der Waals surface area contributed by atoms with E-state index in [1.54, 1.807) is 36.4 Å². The summed E-state index contributed by atoms with van der Waals surface area (Å²) >= 11 is 0. The monoisotopic (exact) mass is 760 g/mol. The second-order valence-electron chi connectivity index (χ2n) is 5.50. The van der Waals surface area contributed by atoms with Crippen molar-refractivity contribution in [2.24, 2.45) is 9.98 Å². The van der Waals surface area contributed by atoms with E-state index in [0.717, 1.165) is 0 Å². The third-order valence-corrected chi connectivity index (χ3v) is 3.28. The molecule has 214 valence electrons. The molecule has 0 spiro atoms. The number of methoxy groups -OCH3 is 2. The van der Waals surface area contributed by atoms with Crippen molar-refractivity contribution in [3.63, 3.8) is 0 Å². The SMILES string of the molecule is COc1cccc(C=NCCN=Cc2cccc(OC)c2[O-])c1[O-].O=[N+]([O-])[O-].O=[N+]([O-])[O-].O=[N+]([O-])[O-].[Ho+3].[OH3+].[Zn+2]. The van der Waals surface area contributed by atoms with Gasteiger partial charge in [-0.25, -0.2) is 0 Å². The Bertz CT molecular complexity index is 941. The van der Waals surface area contributed by atoms with E-state index < -0.39 is 15.3 Å². The van der Waals surface area contributed by atoms with Crippen molar-refractivity contribution in [2.75, 3.05) is 27.3 Å². The standard InChI is InChI=1S/C18H20N2O4.Ho.3NO3.H2O.Zn/c1-23-15-7-3-5-13(17(15)21)11-19-9-10-20-12-14-6-4-8-16(24-2)18(14)22;;3*2-1(3)4;;/h3-8,11-12,21-22H,9-10H2,1-2H3;;;;;1H2;/q;+3;3*-1;;+2/p-1. The maximum Gasteiger partial charge on any atom is 3.00 e. The van der Waals surface area contributed by atoms with Crippen LogP contribution in [-0.4, -0.2) is 55.0 Å². The van der Waals surface area contributed by atoms with Gasteiger partial charge in [-0.15, -0.1) is 0 Å². The molecule has 2 aromatic rings. The quantitative estimate of drug-likeness (QED) is 0.0878. The average molecular weight is 762 g/mol. The molecular formula is C18H21HoN5O14Zn+. The summed E-state index contributed by atoms with van der Waals surface area (Å²) in [6.45, 7) is 0.816. The van der Waals surface area contributed by atoms with E-state index in [2.05, 4.69) is 9.98 Å². The van der Waals surface area contributed by atoms with Gasteiger partial charge >= 0.3 is 57.2 Å². The summed E-state index contributed by atoms with van der Waals surface area (Å²) in [6, 6.07) is 10.0. The van der Waals surface area contributed by atoms with Crippen LogP contribution in [0.25, 0.3) is 0 Å². The van der Waals surface area contributed by atoms with E-state index in [-0.39, 0.29) is 85.7 Å². The van der Waals surface area contributed by atoms with Crippen LogP contribution >= 0.6 is 0 Å². The van der Waals surface area contributed by atoms with Crippen molar-refractivity contribution in [3.05, 3.63) is 93.5 Å². The normalized spacial score (nSPS) is 8.77. The summed E-state index contributed by atoms with van der Waals surface area (Å²) in [6.07, 6.45) is 3.01. The van der Waals surface area contributed by atoms with Crippen LogP contribution in [-0.2, 0) is 25.0 Å². The van der Waals surface area contributed by atoms with Crippen LogP contribution in [0.4, 0.5) is 0 Å². The van der Waals surface area contributed by atoms with Gasteiger partial charge in [0.15, 0.2) is 0 Å². The first-order valence-corrected chi connectivity index (χ1v) is 8.99. The molecule has 0 saturated heterocycles. The Balaban J connectivity index is -0.000000218. The minimum absolute atomic E-state index is 0. The molecule has 0 heterocycles. The van der Waals surface area contributed by atoms with Crippen molar-refractivity contribution >= 4 is 12.4 Å². The van der Waals surface area contributed by atoms with Gasteiger partial charge in [0.2, 0.25) is 0 Å². The van der Waals surface area contributed by atoms with Crippen molar-refractivity contribution < 1.29 is 97.6 Å². The van der Waals surface area contributed by atoms with Crippen LogP contribution in [0.2, 0.25) is 0 Å². The van der Waals surface area contributed by atoms with Gasteiger partial charge in [0.05, 0.1) is 42.6 Å². The minimum atomic E-state index is -1.75. The minimum Gasteiger partial charge on any atom is -0.870 e. The number of para-hydroxylation sites is 2. The van der Waals surface area contributed by atoms with Crippen molar-refractivity contribution in [1.82, 2.24) is 0 Å². The Morgan fingerprint density at radius 1 is 0.692 bits per heavy atom. The van der Waals surface area contributed by atoms with Gasteiger partial charge in [0.1, 0.15) is 11.5 Å². The predicted molar refractivity (Wildman–Crippen MR) is 126 cm³/mol. The molecule has 0 saturated carbocycles. The summed E-state index contributed by atoms with van der Waals surface area (Å²) < 4.78 is 9.94. The molecule has 2 aromatic carbocycles. The first kappa shape index (κ1) is 45.4. The fourth-order valence-corrected chi connectivity index (χ4v) is 2.03. The zero-order chi connectivity index (χ0) is 28.1. The van der Waals surface area contributed by atoms with Crippen LogP contribution in [0.15, 0.2) is 46.4 Å². The maximum absolute atomic E-state index is 11.9. The van der Waals surface area contributed by atoms with Crippen LogP contribution < -0.4 is 19.7 Å². The zero-order valence-electron chi connectivity index (χ0n) is 20.2. The molecule has 19 nitrogen and oxygen atoms in total. The molecule has 0 aliphatic heterocycles. The number of ether oxygens (including phenoxy) is 2. The predicted octanol–water partition coefficient (Wildman–Crippen LogP) is -0.253. The van der Waals surface area contributed by atoms with Crippen LogP contribution in [0.5, 0.6) is 23.0 Å². The van der Waals surface area contributed by atoms with E-state index in [9.17, 15) is 10.2 Å². The van der Waals surface area contributed by atoms with Crippen LogP contribution in [0, 0.1) is 83.7 Å². The topological polar surface area (TPSA) is 321 Å². The van der Waals surface area contributed by atoms with Gasteiger partial charge in [0.25, 0.3) is 0 Å². The maximum atomic E-state index is 11.9. The molecular weight excluding hydrogens is 741 g/mol. The first-order valence-electron chi connectivity index (χ1n) is 8.99. The number of aliphatic imine (C=N–C) groups is 2. The molecule has 0 amide bonds. The molecule has 0 aliphatic rings. The number of hydrogen-bond acceptors (Lipinski definition) is 15. The molecule has 0 bridgehead atoms. The van der Waals surface area contributed by atoms with Gasteiger partial charge in [-0.05, 0) is 23.3 Å². The number of rotatable bonds is 7. The third kappa shape index (κ3) is 25.8. The molecule has 0 fully saturated rings. The van der Waals surface area contributed by atoms with Gasteiger partial charge in [0, 0.05) is 12.4 Å². The van der Waals surface area contributed by atoms with Gasteiger partial charge in [-0.3, -0.25) is 9.98 Å². The number of benzene rings is 2. The van der Waals surface area contributed by atoms with Crippen molar-refractivity contribution in [3.8, 4) is 23.0 Å². The fraction of sp³-hybridized carbons (Fsp3) is 0.222. The third-order valence-electron chi connectivity index (χ3n) is 3.28. The molecule has 0 atom stereocenters. The molecule has 3 N–H and O–H groups in total. The van der Waals surface area contributed by atoms with Crippen LogP contribution in [0.3, 0.4) is 0 Å². The smallest absolute Gasteiger partial charge is 0.870 e. The Morgan fingerprint density at radius 2 is 0.949 bits per heavy atom. The largest absolute Gasteiger partial charge is 3.00 e. The molecule has 2 rings (SSSR count). The molecule has 21 heteroatoms. The second-order valence-corrected chi connectivity index (χ2v) is 5.50. The van der Waals surface area contributed by atoms with Gasteiger partial charge in [-0.1, -0.05) is 35.8 Å². The Hall–Kier alpha value is -3.58. The van der Waals surface area contributed by atoms with Crippen molar-refractivity contribution in [2.45, 2.75) is 0 Å². The molecule has 0 radical (unpaired) electrons. The van der Waals surface area contributed by atoms with Crippen LogP contribution in [0.1, 0.15) is 11.1 Å². The van der Waals surface area contributed by atoms with E-state index in [1.165, 1.54) is 26.6 Å². The summed E-state index contributed by atoms with van der Waals surface area (Å²) in [7, 11) is 2.91.